The number of hydrogen-bond acceptors (Lipinski definition) is 7. The second-order valence-corrected chi connectivity index (χ2v) is 11.7. The molecule has 1 aromatic heterocycles. The highest BCUT2D eigenvalue weighted by molar-refractivity contribution is 7.89. The molecular weight excluding hydrogens is 460 g/mol. The third kappa shape index (κ3) is 8.61. The van der Waals surface area contributed by atoms with Gasteiger partial charge in [-0.15, -0.1) is 0 Å². The van der Waals surface area contributed by atoms with Gasteiger partial charge in [-0.1, -0.05) is 32.9 Å². The first-order valence-electron chi connectivity index (χ1n) is 11.7. The first-order chi connectivity index (χ1) is 16.5. The fraction of sp³-hybridized carbons (Fsp3) is 0.385. The van der Waals surface area contributed by atoms with E-state index in [4.69, 9.17) is 0 Å². The Labute approximate surface area is 209 Å². The Kier molecular flexibility index (Phi) is 8.82. The molecule has 0 saturated heterocycles. The summed E-state index contributed by atoms with van der Waals surface area (Å²) >= 11 is 0. The van der Waals surface area contributed by atoms with Crippen LogP contribution in [0.2, 0.25) is 0 Å². The van der Waals surface area contributed by atoms with Crippen LogP contribution < -0.4 is 15.4 Å². The van der Waals surface area contributed by atoms with Gasteiger partial charge in [0.15, 0.2) is 0 Å². The summed E-state index contributed by atoms with van der Waals surface area (Å²) in [6, 6.07) is 16.6. The molecule has 3 rings (SSSR count). The minimum Gasteiger partial charge on any atom is -0.385 e. The van der Waals surface area contributed by atoms with Crippen LogP contribution in [-0.2, 0) is 10.0 Å². The second-order valence-electron chi connectivity index (χ2n) is 9.96. The third-order valence-corrected chi connectivity index (χ3v) is 6.63. The van der Waals surface area contributed by atoms with Crippen molar-refractivity contribution in [3.05, 3.63) is 60.8 Å². The maximum Gasteiger partial charge on any atom is 0.240 e. The monoisotopic (exact) mass is 496 g/mol. The molecule has 2 aromatic carbocycles. The quantitative estimate of drug-likeness (QED) is 0.334. The van der Waals surface area contributed by atoms with E-state index in [9.17, 15) is 8.42 Å². The van der Waals surface area contributed by atoms with E-state index < -0.39 is 10.0 Å². The van der Waals surface area contributed by atoms with E-state index in [1.807, 2.05) is 49.3 Å². The van der Waals surface area contributed by atoms with Crippen molar-refractivity contribution in [3.8, 4) is 11.3 Å². The Bertz CT molecular complexity index is 1190. The SMILES string of the molecule is CN(C)CCCNS(=O)(=O)c1ccc(Nc2nccc(-c3ccc(NCC(C)(C)C)cc3)n2)cc1. The zero-order chi connectivity index (χ0) is 25.5. The van der Waals surface area contributed by atoms with Crippen molar-refractivity contribution in [2.24, 2.45) is 5.41 Å². The summed E-state index contributed by atoms with van der Waals surface area (Å²) in [6.45, 7) is 8.69. The van der Waals surface area contributed by atoms with Crippen LogP contribution in [0.5, 0.6) is 0 Å². The van der Waals surface area contributed by atoms with Crippen LogP contribution >= 0.6 is 0 Å². The van der Waals surface area contributed by atoms with Gasteiger partial charge in [0, 0.05) is 36.2 Å². The number of nitrogens with one attached hydrogen (secondary N) is 3. The lowest BCUT2D eigenvalue weighted by Crippen LogP contribution is -2.27. The Morgan fingerprint density at radius 2 is 1.57 bits per heavy atom. The first-order valence-corrected chi connectivity index (χ1v) is 13.2. The summed E-state index contributed by atoms with van der Waals surface area (Å²) in [5.41, 5.74) is 3.76. The molecule has 188 valence electrons. The van der Waals surface area contributed by atoms with Gasteiger partial charge in [-0.25, -0.2) is 23.1 Å². The van der Waals surface area contributed by atoms with Gasteiger partial charge >= 0.3 is 0 Å². The molecule has 0 radical (unpaired) electrons. The van der Waals surface area contributed by atoms with Gasteiger partial charge in [-0.05, 0) is 74.9 Å². The highest BCUT2D eigenvalue weighted by Crippen LogP contribution is 2.23. The molecule has 0 aliphatic rings. The smallest absolute Gasteiger partial charge is 0.240 e. The van der Waals surface area contributed by atoms with Crippen molar-refractivity contribution < 1.29 is 8.42 Å². The Balaban J connectivity index is 1.62. The number of hydrogen-bond donors (Lipinski definition) is 3. The van der Waals surface area contributed by atoms with Gasteiger partial charge in [-0.2, -0.15) is 0 Å². The maximum absolute atomic E-state index is 12.5. The minimum atomic E-state index is -3.54. The van der Waals surface area contributed by atoms with E-state index >= 15 is 0 Å². The normalized spacial score (nSPS) is 12.1. The standard InChI is InChI=1S/C26H36N6O2S/c1-26(2,3)19-28-21-9-7-20(8-10-21)24-15-17-27-25(31-24)30-22-11-13-23(14-12-22)35(33,34)29-16-6-18-32(4)5/h7-15,17,28-29H,6,16,18-19H2,1-5H3,(H,27,30,31). The average molecular weight is 497 g/mol. The van der Waals surface area contributed by atoms with Crippen molar-refractivity contribution in [2.75, 3.05) is 44.4 Å². The Morgan fingerprint density at radius 1 is 0.914 bits per heavy atom. The molecule has 9 heteroatoms. The second kappa shape index (κ2) is 11.6. The minimum absolute atomic E-state index is 0.205. The van der Waals surface area contributed by atoms with Crippen LogP contribution in [-0.4, -0.2) is 57.0 Å². The van der Waals surface area contributed by atoms with Gasteiger partial charge in [0.25, 0.3) is 0 Å². The number of sulfonamides is 1. The molecule has 8 nitrogen and oxygen atoms in total. The van der Waals surface area contributed by atoms with Crippen LogP contribution in [0.1, 0.15) is 27.2 Å². The van der Waals surface area contributed by atoms with Crippen LogP contribution in [0.4, 0.5) is 17.3 Å². The van der Waals surface area contributed by atoms with E-state index in [-0.39, 0.29) is 10.3 Å². The first kappa shape index (κ1) is 26.6. The summed E-state index contributed by atoms with van der Waals surface area (Å²) in [5, 5.41) is 6.60. The number of rotatable bonds is 11. The predicted molar refractivity (Wildman–Crippen MR) is 143 cm³/mol. The van der Waals surface area contributed by atoms with E-state index in [1.165, 1.54) is 0 Å². The number of nitrogens with zero attached hydrogens (tertiary/aromatic N) is 3. The van der Waals surface area contributed by atoms with Gasteiger partial charge in [0.2, 0.25) is 16.0 Å². The largest absolute Gasteiger partial charge is 0.385 e. The van der Waals surface area contributed by atoms with E-state index in [0.29, 0.717) is 18.2 Å². The summed E-state index contributed by atoms with van der Waals surface area (Å²) in [4.78, 5) is 11.2. The fourth-order valence-corrected chi connectivity index (χ4v) is 4.31. The lowest BCUT2D eigenvalue weighted by atomic mass is 9.97. The van der Waals surface area contributed by atoms with Gasteiger partial charge in [0.05, 0.1) is 10.6 Å². The summed E-state index contributed by atoms with van der Waals surface area (Å²) in [6.07, 6.45) is 2.45. The summed E-state index contributed by atoms with van der Waals surface area (Å²) < 4.78 is 27.6. The van der Waals surface area contributed by atoms with Crippen molar-refractivity contribution in [1.29, 1.82) is 0 Å². The zero-order valence-electron chi connectivity index (χ0n) is 21.2. The molecule has 3 N–H and O–H groups in total. The molecular formula is C26H36N6O2S. The van der Waals surface area contributed by atoms with Crippen LogP contribution in [0.25, 0.3) is 11.3 Å². The number of benzene rings is 2. The van der Waals surface area contributed by atoms with E-state index in [0.717, 1.165) is 36.5 Å². The molecule has 0 aliphatic carbocycles. The molecule has 0 amide bonds. The highest BCUT2D eigenvalue weighted by atomic mass is 32.2. The van der Waals surface area contributed by atoms with Crippen molar-refractivity contribution in [1.82, 2.24) is 19.6 Å². The Hall–Kier alpha value is -3.01. The lowest BCUT2D eigenvalue weighted by molar-refractivity contribution is 0.400. The number of aromatic nitrogens is 2. The van der Waals surface area contributed by atoms with Crippen molar-refractivity contribution >= 4 is 27.3 Å². The average Bonchev–Trinajstić information content (AvgIpc) is 2.81. The molecule has 0 unspecified atom stereocenters. The molecule has 0 bridgehead atoms. The molecule has 0 saturated carbocycles. The third-order valence-electron chi connectivity index (χ3n) is 5.15. The van der Waals surface area contributed by atoms with Crippen LogP contribution in [0.15, 0.2) is 65.7 Å². The van der Waals surface area contributed by atoms with Gasteiger partial charge in [0.1, 0.15) is 0 Å². The molecule has 0 aliphatic heterocycles. The van der Waals surface area contributed by atoms with Crippen molar-refractivity contribution in [3.63, 3.8) is 0 Å². The van der Waals surface area contributed by atoms with E-state index in [1.54, 1.807) is 30.5 Å². The fourth-order valence-electron chi connectivity index (χ4n) is 3.24. The molecule has 3 aromatic rings. The number of anilines is 3. The molecule has 0 atom stereocenters. The van der Waals surface area contributed by atoms with Gasteiger partial charge < -0.3 is 15.5 Å². The van der Waals surface area contributed by atoms with Crippen LogP contribution in [0.3, 0.4) is 0 Å². The predicted octanol–water partition coefficient (Wildman–Crippen LogP) is 4.58. The van der Waals surface area contributed by atoms with Crippen LogP contribution in [0, 0.1) is 5.41 Å². The summed E-state index contributed by atoms with van der Waals surface area (Å²) in [5.74, 6) is 0.440. The molecule has 0 fully saturated rings. The van der Waals surface area contributed by atoms with Gasteiger partial charge in [-0.3, -0.25) is 0 Å². The van der Waals surface area contributed by atoms with Crippen molar-refractivity contribution in [2.45, 2.75) is 32.1 Å². The lowest BCUT2D eigenvalue weighted by Gasteiger charge is -2.19. The molecule has 35 heavy (non-hydrogen) atoms. The molecule has 1 heterocycles. The molecule has 0 spiro atoms. The highest BCUT2D eigenvalue weighted by Gasteiger charge is 2.13. The summed E-state index contributed by atoms with van der Waals surface area (Å²) in [7, 11) is 0.381. The zero-order valence-corrected chi connectivity index (χ0v) is 22.0. The van der Waals surface area contributed by atoms with E-state index in [2.05, 4.69) is 46.1 Å². The topological polar surface area (TPSA) is 99.3 Å². The maximum atomic E-state index is 12.5. The Morgan fingerprint density at radius 3 is 2.20 bits per heavy atom.